The lowest BCUT2D eigenvalue weighted by Gasteiger charge is -2.24. The minimum absolute atomic E-state index is 0.0126. The highest BCUT2D eigenvalue weighted by molar-refractivity contribution is 5.75. The maximum absolute atomic E-state index is 15.3. The van der Waals surface area contributed by atoms with E-state index >= 15 is 4.39 Å². The van der Waals surface area contributed by atoms with Gasteiger partial charge in [0.25, 0.3) is 11.4 Å². The molecule has 2 rings (SSSR count). The Kier molecular flexibility index (Phi) is 4.85. The number of aromatic nitrogens is 2. The van der Waals surface area contributed by atoms with E-state index in [1.165, 1.54) is 6.92 Å². The van der Waals surface area contributed by atoms with Crippen molar-refractivity contribution in [2.45, 2.75) is 51.1 Å². The minimum Gasteiger partial charge on any atom is -0.458 e. The van der Waals surface area contributed by atoms with Gasteiger partial charge in [-0.2, -0.15) is 0 Å². The van der Waals surface area contributed by atoms with Gasteiger partial charge in [-0.3, -0.25) is 19.1 Å². The molecule has 0 saturated carbocycles. The van der Waals surface area contributed by atoms with Gasteiger partial charge in [-0.25, -0.2) is 9.18 Å². The molecule has 0 radical (unpaired) electrons. The second-order valence-electron chi connectivity index (χ2n) is 6.36. The Morgan fingerprint density at radius 3 is 2.77 bits per heavy atom. The topological polar surface area (TPSA) is 157 Å². The molecule has 0 bridgehead atoms. The fourth-order valence-corrected chi connectivity index (χ4v) is 2.23. The Balaban J connectivity index is 2.38. The van der Waals surface area contributed by atoms with Gasteiger partial charge in [0.2, 0.25) is 0 Å². The number of alkyl halides is 1. The van der Waals surface area contributed by atoms with Gasteiger partial charge < -0.3 is 25.4 Å². The molecule has 11 heteroatoms. The average molecular weight is 377 g/mol. The first kappa shape index (κ1) is 17.3. The zero-order valence-electron chi connectivity index (χ0n) is 16.3. The molecule has 5 N–H and O–H groups in total. The maximum Gasteiger partial charge on any atom is 0.330 e. The molecule has 1 fully saturated rings. The number of rotatable bonds is 5. The molecule has 1 aromatic heterocycles. The fourth-order valence-electron chi connectivity index (χ4n) is 2.23. The summed E-state index contributed by atoms with van der Waals surface area (Å²) >= 11 is 0. The van der Waals surface area contributed by atoms with E-state index in [1.54, 1.807) is 13.8 Å². The number of esters is 1. The zero-order chi connectivity index (χ0) is 21.6. The van der Waals surface area contributed by atoms with Crippen molar-refractivity contribution in [3.63, 3.8) is 0 Å². The van der Waals surface area contributed by atoms with Gasteiger partial charge in [0.15, 0.2) is 12.8 Å². The first-order valence-corrected chi connectivity index (χ1v) is 7.76. The van der Waals surface area contributed by atoms with Crippen LogP contribution in [-0.4, -0.2) is 56.4 Å². The number of carbonyl (C=O) groups is 1. The highest BCUT2D eigenvalue weighted by Crippen LogP contribution is 2.38. The van der Waals surface area contributed by atoms with E-state index in [2.05, 4.69) is 4.74 Å². The van der Waals surface area contributed by atoms with Gasteiger partial charge in [-0.1, -0.05) is 13.8 Å². The molecule has 0 unspecified atom stereocenters. The molecule has 10 nitrogen and oxygen atoms in total. The van der Waals surface area contributed by atoms with Crippen LogP contribution in [0.25, 0.3) is 0 Å². The van der Waals surface area contributed by atoms with E-state index in [1.807, 2.05) is 4.98 Å². The number of nitrogens with two attached hydrogens (primary N) is 1. The van der Waals surface area contributed by atoms with Gasteiger partial charge in [-0.15, -0.1) is 0 Å². The molecule has 2 heterocycles. The number of halogens is 1. The molecule has 26 heavy (non-hydrogen) atoms. The Morgan fingerprint density at radius 1 is 1.58 bits per heavy atom. The second kappa shape index (κ2) is 7.27. The first-order valence-electron chi connectivity index (χ1n) is 8.76. The first-order chi connectivity index (χ1) is 12.7. The van der Waals surface area contributed by atoms with E-state index in [-0.39, 0.29) is 5.56 Å². The van der Waals surface area contributed by atoms with Crippen LogP contribution in [0.2, 0.25) is 0 Å². The van der Waals surface area contributed by atoms with Crippen molar-refractivity contribution >= 4 is 5.97 Å². The van der Waals surface area contributed by atoms with E-state index in [0.29, 0.717) is 4.57 Å². The maximum atomic E-state index is 15.3. The fraction of sp³-hybridized carbons (Fsp3) is 0.667. The number of nitrogens with zero attached hydrogens (tertiary/aromatic N) is 1. The van der Waals surface area contributed by atoms with Crippen molar-refractivity contribution in [1.82, 2.24) is 9.55 Å². The van der Waals surface area contributed by atoms with Crippen molar-refractivity contribution in [2.24, 2.45) is 11.7 Å². The van der Waals surface area contributed by atoms with Crippen LogP contribution in [0.4, 0.5) is 4.39 Å². The van der Waals surface area contributed by atoms with Crippen LogP contribution in [0.15, 0.2) is 15.8 Å². The third-order valence-corrected chi connectivity index (χ3v) is 3.99. The van der Waals surface area contributed by atoms with Crippen molar-refractivity contribution in [3.05, 3.63) is 32.6 Å². The van der Waals surface area contributed by atoms with Gasteiger partial charge in [0.05, 0.1) is 2.74 Å². The predicted octanol–water partition coefficient (Wildman–Crippen LogP) is -1.71. The summed E-state index contributed by atoms with van der Waals surface area (Å²) in [4.78, 5) is 37.2. The second-order valence-corrected chi connectivity index (χ2v) is 6.36. The van der Waals surface area contributed by atoms with E-state index < -0.39 is 60.0 Å². The molecule has 1 aromatic rings. The summed E-state index contributed by atoms with van der Waals surface area (Å²) in [5.74, 6) is -5.47. The third-order valence-electron chi connectivity index (χ3n) is 3.99. The summed E-state index contributed by atoms with van der Waals surface area (Å²) < 4.78 is 40.7. The summed E-state index contributed by atoms with van der Waals surface area (Å²) in [5, 5.41) is 20.2. The number of hydrogen-bond acceptors (Lipinski definition) is 8. The van der Waals surface area contributed by atoms with E-state index in [0.717, 1.165) is 6.20 Å². The zero-order valence-corrected chi connectivity index (χ0v) is 14.3. The molecule has 0 spiro atoms. The number of aliphatic hydroxyl groups excluding tert-OH is 2. The predicted molar refractivity (Wildman–Crippen MR) is 85.8 cm³/mol. The number of aryl methyl sites for hydroxylation is 1. The van der Waals surface area contributed by atoms with Crippen LogP contribution in [-0.2, 0) is 14.3 Å². The number of nitrogens with one attached hydrogen (secondary N) is 1. The lowest BCUT2D eigenvalue weighted by atomic mass is 10.1. The van der Waals surface area contributed by atoms with Crippen molar-refractivity contribution in [3.8, 4) is 0 Å². The summed E-state index contributed by atoms with van der Waals surface area (Å²) in [6, 6.07) is -1.28. The normalized spacial score (nSPS) is 31.5. The number of H-pyrrole nitrogens is 1. The molecular weight excluding hydrogens is 353 g/mol. The number of aliphatic hydroxyl groups is 2. The monoisotopic (exact) mass is 377 g/mol. The van der Waals surface area contributed by atoms with Crippen LogP contribution >= 0.6 is 0 Å². The summed E-state index contributed by atoms with van der Waals surface area (Å²) in [6.07, 6.45) is -5.62. The summed E-state index contributed by atoms with van der Waals surface area (Å²) in [5.41, 5.74) is 3.74. The third kappa shape index (κ3) is 3.70. The standard InChI is InChI=1S/C15H22FN3O7/c1-6(2)8(17)13(23)25-5-15(16)10(21)9(20)12(26-15)19-4-7(3)11(22)18-14(19)24/h4,6,8-10,12,20-21H,5,17H2,1-3H3,(H,18,22,24)/t8-,9+,10-,12+,15+/m0/s1/i5D2. The molecule has 1 aliphatic rings. The SMILES string of the molecule is [2H]C([2H])(OC(=O)[C@@H](N)C(C)C)[C@@]1(F)O[C@@H](n2cc(C)c(=O)[nH]c2=O)[C@H](O)[C@@H]1O. The largest absolute Gasteiger partial charge is 0.458 e. The minimum atomic E-state index is -3.73. The van der Waals surface area contributed by atoms with Crippen molar-refractivity contribution in [1.29, 1.82) is 0 Å². The van der Waals surface area contributed by atoms with Gasteiger partial charge in [0.1, 0.15) is 18.2 Å². The molecule has 1 aliphatic heterocycles. The average Bonchev–Trinajstić information content (AvgIpc) is 2.82. The molecule has 0 aliphatic carbocycles. The number of ether oxygens (including phenoxy) is 2. The van der Waals surface area contributed by atoms with Crippen LogP contribution in [0.5, 0.6) is 0 Å². The Labute approximate surface area is 150 Å². The van der Waals surface area contributed by atoms with Gasteiger partial charge in [-0.05, 0) is 12.8 Å². The lowest BCUT2D eigenvalue weighted by molar-refractivity contribution is -0.217. The Morgan fingerprint density at radius 2 is 2.19 bits per heavy atom. The Hall–Kier alpha value is -2.08. The summed E-state index contributed by atoms with van der Waals surface area (Å²) in [6.45, 7) is 0.868. The highest BCUT2D eigenvalue weighted by atomic mass is 19.2. The van der Waals surface area contributed by atoms with E-state index in [9.17, 15) is 24.6 Å². The Bertz CT molecular complexity index is 874. The summed E-state index contributed by atoms with van der Waals surface area (Å²) in [7, 11) is 0. The molecule has 146 valence electrons. The lowest BCUT2D eigenvalue weighted by Crippen LogP contribution is -2.46. The van der Waals surface area contributed by atoms with Gasteiger partial charge in [0, 0.05) is 11.8 Å². The van der Waals surface area contributed by atoms with E-state index in [4.69, 9.17) is 13.2 Å². The van der Waals surface area contributed by atoms with Crippen LogP contribution < -0.4 is 17.0 Å². The molecular formula is C15H22FN3O7. The molecule has 0 aromatic carbocycles. The number of carbonyl (C=O) groups excluding carboxylic acids is 1. The molecule has 5 atom stereocenters. The van der Waals surface area contributed by atoms with Crippen molar-refractivity contribution in [2.75, 3.05) is 6.56 Å². The van der Waals surface area contributed by atoms with Gasteiger partial charge >= 0.3 is 11.7 Å². The number of aromatic amines is 1. The molecule has 0 amide bonds. The van der Waals surface area contributed by atoms with Crippen LogP contribution in [0, 0.1) is 12.8 Å². The quantitative estimate of drug-likeness (QED) is 0.442. The smallest absolute Gasteiger partial charge is 0.330 e. The van der Waals surface area contributed by atoms with Crippen molar-refractivity contribution < 1.29 is 31.6 Å². The van der Waals surface area contributed by atoms with Crippen LogP contribution in [0.1, 0.15) is 28.4 Å². The van der Waals surface area contributed by atoms with Crippen LogP contribution in [0.3, 0.4) is 0 Å². The molecule has 1 saturated heterocycles. The number of hydrogen-bond donors (Lipinski definition) is 4. The highest BCUT2D eigenvalue weighted by Gasteiger charge is 2.57.